The normalized spacial score (nSPS) is 18.1. The molecule has 0 aliphatic carbocycles. The van der Waals surface area contributed by atoms with Crippen LogP contribution in [0, 0.1) is 0 Å². The zero-order valence-corrected chi connectivity index (χ0v) is 13.2. The molecule has 1 aromatic carbocycles. The first kappa shape index (κ1) is 14.1. The van der Waals surface area contributed by atoms with Gasteiger partial charge in [0, 0.05) is 16.2 Å². The van der Waals surface area contributed by atoms with Crippen LogP contribution in [0.1, 0.15) is 26.8 Å². The van der Waals surface area contributed by atoms with Gasteiger partial charge in [0.05, 0.1) is 5.69 Å². The molecule has 0 radical (unpaired) electrons. The molecule has 1 atom stereocenters. The lowest BCUT2D eigenvalue weighted by Gasteiger charge is -2.39. The van der Waals surface area contributed by atoms with Crippen molar-refractivity contribution < 1.29 is 4.79 Å². The van der Waals surface area contributed by atoms with Crippen molar-refractivity contribution >= 4 is 23.4 Å². The van der Waals surface area contributed by atoms with Gasteiger partial charge in [-0.1, -0.05) is 12.1 Å². The van der Waals surface area contributed by atoms with Gasteiger partial charge in [-0.3, -0.25) is 4.79 Å². The molecule has 1 amide bonds. The molecule has 1 aromatic heterocycles. The van der Waals surface area contributed by atoms with Crippen molar-refractivity contribution in [2.45, 2.75) is 36.5 Å². The number of carbonyl (C=O) groups is 1. The maximum Gasteiger partial charge on any atom is 0.251 e. The van der Waals surface area contributed by atoms with E-state index in [9.17, 15) is 4.79 Å². The first-order valence-electron chi connectivity index (χ1n) is 6.91. The van der Waals surface area contributed by atoms with Gasteiger partial charge in [0.25, 0.3) is 5.91 Å². The lowest BCUT2D eigenvalue weighted by molar-refractivity contribution is -0.121. The summed E-state index contributed by atoms with van der Waals surface area (Å²) in [4.78, 5) is 19.8. The van der Waals surface area contributed by atoms with Gasteiger partial charge in [-0.2, -0.15) is 5.10 Å². The predicted molar refractivity (Wildman–Crippen MR) is 83.5 cm³/mol. The Morgan fingerprint density at radius 3 is 2.86 bits per heavy atom. The van der Waals surface area contributed by atoms with Gasteiger partial charge in [0.15, 0.2) is 0 Å². The van der Waals surface area contributed by atoms with Crippen molar-refractivity contribution in [1.29, 1.82) is 0 Å². The van der Waals surface area contributed by atoms with Crippen LogP contribution in [0.25, 0.3) is 0 Å². The number of fused-ring (bicyclic) bond motifs is 1. The first-order chi connectivity index (χ1) is 9.98. The summed E-state index contributed by atoms with van der Waals surface area (Å²) in [5, 5.41) is 4.08. The predicted octanol–water partition coefficient (Wildman–Crippen LogP) is 2.76. The van der Waals surface area contributed by atoms with Gasteiger partial charge < -0.3 is 4.90 Å². The van der Waals surface area contributed by atoms with Crippen molar-refractivity contribution in [2.24, 2.45) is 0 Å². The highest BCUT2D eigenvalue weighted by Gasteiger charge is 2.35. The zero-order valence-electron chi connectivity index (χ0n) is 12.4. The minimum absolute atomic E-state index is 0.00784. The van der Waals surface area contributed by atoms with Crippen LogP contribution >= 0.6 is 11.8 Å². The second kappa shape index (κ2) is 5.18. The summed E-state index contributed by atoms with van der Waals surface area (Å²) in [5.74, 6) is 0.0429. The highest BCUT2D eigenvalue weighted by atomic mass is 32.2. The average molecular weight is 302 g/mol. The summed E-state index contributed by atoms with van der Waals surface area (Å²) >= 11 is 1.82. The molecule has 110 valence electrons. The molecule has 0 saturated heterocycles. The summed E-state index contributed by atoms with van der Waals surface area (Å²) in [6.07, 6.45) is 3.03. The van der Waals surface area contributed by atoms with Crippen LogP contribution < -0.4 is 4.90 Å². The summed E-state index contributed by atoms with van der Waals surface area (Å²) in [6, 6.07) is 7.69. The van der Waals surface area contributed by atoms with E-state index in [2.05, 4.69) is 30.0 Å². The fourth-order valence-electron chi connectivity index (χ4n) is 2.52. The van der Waals surface area contributed by atoms with Crippen LogP contribution in [-0.4, -0.2) is 32.0 Å². The number of carbonyl (C=O) groups excluding carboxylic acids is 1. The van der Waals surface area contributed by atoms with E-state index in [1.54, 1.807) is 11.0 Å². The second-order valence-corrected chi connectivity index (χ2v) is 7.55. The molecule has 2 heterocycles. The Labute approximate surface area is 128 Å². The van der Waals surface area contributed by atoms with Crippen molar-refractivity contribution in [3.63, 3.8) is 0 Å². The van der Waals surface area contributed by atoms with Gasteiger partial charge in [-0.05, 0) is 32.9 Å². The van der Waals surface area contributed by atoms with Crippen molar-refractivity contribution in [3.05, 3.63) is 36.9 Å². The standard InChI is InChI=1S/C15H18N4OS/c1-11(19-10-16-9-17-19)14(20)18-8-15(2,3)21-13-7-5-4-6-12(13)18/h4-7,9-11H,8H2,1-3H3. The molecule has 1 aliphatic heterocycles. The molecule has 2 aromatic rings. The number of hydrogen-bond acceptors (Lipinski definition) is 4. The van der Waals surface area contributed by atoms with Crippen LogP contribution in [0.15, 0.2) is 41.8 Å². The minimum atomic E-state index is -0.362. The number of thioether (sulfide) groups is 1. The molecule has 1 unspecified atom stereocenters. The fraction of sp³-hybridized carbons (Fsp3) is 0.400. The lowest BCUT2D eigenvalue weighted by atomic mass is 10.1. The van der Waals surface area contributed by atoms with E-state index in [1.165, 1.54) is 6.33 Å². The van der Waals surface area contributed by atoms with Crippen LogP contribution in [-0.2, 0) is 4.79 Å². The highest BCUT2D eigenvalue weighted by Crippen LogP contribution is 2.44. The Bertz CT molecular complexity index is 653. The third-order valence-electron chi connectivity index (χ3n) is 3.54. The molecule has 1 aliphatic rings. The molecule has 0 spiro atoms. The Balaban J connectivity index is 1.96. The number of amides is 1. The Hall–Kier alpha value is -1.82. The Morgan fingerprint density at radius 1 is 1.38 bits per heavy atom. The molecular formula is C15H18N4OS. The van der Waals surface area contributed by atoms with Gasteiger partial charge in [-0.25, -0.2) is 9.67 Å². The van der Waals surface area contributed by atoms with Gasteiger partial charge in [0.2, 0.25) is 0 Å². The first-order valence-corrected chi connectivity index (χ1v) is 7.73. The number of anilines is 1. The summed E-state index contributed by atoms with van der Waals surface area (Å²) in [5.41, 5.74) is 0.985. The second-order valence-electron chi connectivity index (χ2n) is 5.81. The van der Waals surface area contributed by atoms with Crippen molar-refractivity contribution in [3.8, 4) is 0 Å². The highest BCUT2D eigenvalue weighted by molar-refractivity contribution is 8.00. The number of nitrogens with zero attached hydrogens (tertiary/aromatic N) is 4. The van der Waals surface area contributed by atoms with E-state index in [0.29, 0.717) is 6.54 Å². The molecule has 0 N–H and O–H groups in total. The minimum Gasteiger partial charge on any atom is -0.308 e. The van der Waals surface area contributed by atoms with Gasteiger partial charge >= 0.3 is 0 Å². The van der Waals surface area contributed by atoms with E-state index in [1.807, 2.05) is 41.8 Å². The SMILES string of the molecule is CC(C(=O)N1CC(C)(C)Sc2ccccc21)n1cncn1. The van der Waals surface area contributed by atoms with Crippen LogP contribution in [0.4, 0.5) is 5.69 Å². The molecule has 5 nitrogen and oxygen atoms in total. The van der Waals surface area contributed by atoms with E-state index >= 15 is 0 Å². The Kier molecular flexibility index (Phi) is 3.49. The van der Waals surface area contributed by atoms with E-state index in [4.69, 9.17) is 0 Å². The Morgan fingerprint density at radius 2 is 2.14 bits per heavy atom. The molecule has 0 bridgehead atoms. The van der Waals surface area contributed by atoms with E-state index in [0.717, 1.165) is 10.6 Å². The van der Waals surface area contributed by atoms with Crippen LogP contribution in [0.5, 0.6) is 0 Å². The van der Waals surface area contributed by atoms with Gasteiger partial charge in [0.1, 0.15) is 18.7 Å². The zero-order chi connectivity index (χ0) is 15.0. The van der Waals surface area contributed by atoms with E-state index < -0.39 is 0 Å². The molecule has 21 heavy (non-hydrogen) atoms. The van der Waals surface area contributed by atoms with Crippen molar-refractivity contribution in [1.82, 2.24) is 14.8 Å². The maximum absolute atomic E-state index is 12.9. The molecule has 0 saturated carbocycles. The third kappa shape index (κ3) is 2.68. The number of hydrogen-bond donors (Lipinski definition) is 0. The third-order valence-corrected chi connectivity index (χ3v) is 4.78. The number of aromatic nitrogens is 3. The molecule has 3 rings (SSSR count). The topological polar surface area (TPSA) is 51.0 Å². The quantitative estimate of drug-likeness (QED) is 0.856. The summed E-state index contributed by atoms with van der Waals surface area (Å²) in [6.45, 7) is 6.86. The molecule has 0 fully saturated rings. The summed E-state index contributed by atoms with van der Waals surface area (Å²) in [7, 11) is 0. The smallest absolute Gasteiger partial charge is 0.251 e. The fourth-order valence-corrected chi connectivity index (χ4v) is 3.73. The van der Waals surface area contributed by atoms with Gasteiger partial charge in [-0.15, -0.1) is 11.8 Å². The number of benzene rings is 1. The largest absolute Gasteiger partial charge is 0.308 e. The van der Waals surface area contributed by atoms with Crippen LogP contribution in [0.3, 0.4) is 0 Å². The van der Waals surface area contributed by atoms with Crippen LogP contribution in [0.2, 0.25) is 0 Å². The van der Waals surface area contributed by atoms with E-state index in [-0.39, 0.29) is 16.7 Å². The summed E-state index contributed by atoms with van der Waals surface area (Å²) < 4.78 is 1.59. The number of rotatable bonds is 2. The van der Waals surface area contributed by atoms with Crippen molar-refractivity contribution in [2.75, 3.05) is 11.4 Å². The monoisotopic (exact) mass is 302 g/mol. The lowest BCUT2D eigenvalue weighted by Crippen LogP contribution is -2.46. The molecule has 6 heteroatoms. The average Bonchev–Trinajstić information content (AvgIpc) is 2.98. The number of para-hydroxylation sites is 1. The molecular weight excluding hydrogens is 284 g/mol. The maximum atomic E-state index is 12.9.